The molecule has 0 heterocycles. The molecule has 3 nitrogen and oxygen atoms in total. The van der Waals surface area contributed by atoms with Crippen LogP contribution in [0.1, 0.15) is 39.2 Å². The lowest BCUT2D eigenvalue weighted by Crippen LogP contribution is -2.27. The van der Waals surface area contributed by atoms with E-state index in [1.165, 1.54) is 10.5 Å². The number of likely N-dealkylation sites (N-methyl/N-ethyl adjacent to an activating group) is 1. The smallest absolute Gasteiger partial charge is 0.259 e. The number of amides is 1. The fraction of sp³-hybridized carbons (Fsp3) is 0.533. The van der Waals surface area contributed by atoms with E-state index in [-0.39, 0.29) is 12.5 Å². The number of hydrogen-bond donors (Lipinski definition) is 0. The summed E-state index contributed by atoms with van der Waals surface area (Å²) in [5.74, 6) is 1.18. The highest BCUT2D eigenvalue weighted by Crippen LogP contribution is 2.19. The third-order valence-electron chi connectivity index (χ3n) is 2.39. The highest BCUT2D eigenvalue weighted by Gasteiger charge is 2.06. The van der Waals surface area contributed by atoms with Crippen LogP contribution < -0.4 is 4.74 Å². The van der Waals surface area contributed by atoms with Crippen LogP contribution in [0.5, 0.6) is 5.75 Å². The Bertz CT molecular complexity index is 359. The maximum Gasteiger partial charge on any atom is 0.259 e. The van der Waals surface area contributed by atoms with Gasteiger partial charge in [0.25, 0.3) is 5.91 Å². The summed E-state index contributed by atoms with van der Waals surface area (Å²) in [6, 6.07) is 7.86. The van der Waals surface area contributed by atoms with Crippen molar-refractivity contribution >= 4 is 5.91 Å². The number of ether oxygens (including phenoxy) is 1. The second-order valence-corrected chi connectivity index (χ2v) is 4.30. The van der Waals surface area contributed by atoms with E-state index in [0.717, 1.165) is 5.75 Å². The highest BCUT2D eigenvalue weighted by atomic mass is 16.5. The van der Waals surface area contributed by atoms with E-state index in [1.807, 2.05) is 32.0 Å². The van der Waals surface area contributed by atoms with Gasteiger partial charge in [0.15, 0.2) is 6.61 Å². The largest absolute Gasteiger partial charge is 0.484 e. The maximum absolute atomic E-state index is 11.3. The monoisotopic (exact) mass is 251 g/mol. The zero-order valence-electron chi connectivity index (χ0n) is 12.4. The number of benzene rings is 1. The molecule has 0 spiro atoms. The molecule has 0 saturated carbocycles. The van der Waals surface area contributed by atoms with Gasteiger partial charge in [-0.25, -0.2) is 0 Å². The van der Waals surface area contributed by atoms with Crippen molar-refractivity contribution in [1.82, 2.24) is 4.90 Å². The lowest BCUT2D eigenvalue weighted by atomic mass is 10.0. The second-order valence-electron chi connectivity index (χ2n) is 4.30. The summed E-state index contributed by atoms with van der Waals surface area (Å²) in [6.07, 6.45) is 0. The molecule has 1 rings (SSSR count). The third-order valence-corrected chi connectivity index (χ3v) is 2.39. The van der Waals surface area contributed by atoms with Gasteiger partial charge in [0.2, 0.25) is 0 Å². The molecule has 0 aliphatic rings. The fourth-order valence-electron chi connectivity index (χ4n) is 1.24. The van der Waals surface area contributed by atoms with Crippen molar-refractivity contribution in [2.45, 2.75) is 33.6 Å². The molecule has 18 heavy (non-hydrogen) atoms. The van der Waals surface area contributed by atoms with E-state index in [4.69, 9.17) is 4.74 Å². The van der Waals surface area contributed by atoms with Gasteiger partial charge in [-0.1, -0.05) is 39.8 Å². The first-order valence-corrected chi connectivity index (χ1v) is 6.43. The Kier molecular flexibility index (Phi) is 7.84. The van der Waals surface area contributed by atoms with Crippen molar-refractivity contribution in [3.05, 3.63) is 29.8 Å². The van der Waals surface area contributed by atoms with E-state index >= 15 is 0 Å². The normalized spacial score (nSPS) is 9.50. The fourth-order valence-corrected chi connectivity index (χ4v) is 1.24. The molecule has 0 saturated heterocycles. The Morgan fingerprint density at radius 2 is 1.89 bits per heavy atom. The van der Waals surface area contributed by atoms with Crippen molar-refractivity contribution in [3.8, 4) is 5.75 Å². The molecular formula is C15H25NO2. The van der Waals surface area contributed by atoms with E-state index in [2.05, 4.69) is 19.9 Å². The Morgan fingerprint density at radius 3 is 2.39 bits per heavy atom. The second kappa shape index (κ2) is 8.56. The lowest BCUT2D eigenvalue weighted by molar-refractivity contribution is -0.130. The number of nitrogens with zero attached hydrogens (tertiary/aromatic N) is 1. The maximum atomic E-state index is 11.3. The predicted molar refractivity (Wildman–Crippen MR) is 76.1 cm³/mol. The van der Waals surface area contributed by atoms with Crippen molar-refractivity contribution in [2.24, 2.45) is 0 Å². The SMILES string of the molecule is CC.CC(C)c1cccc(OCC(=O)N(C)C)c1. The van der Waals surface area contributed by atoms with Crippen LogP contribution in [0.25, 0.3) is 0 Å². The summed E-state index contributed by atoms with van der Waals surface area (Å²) in [4.78, 5) is 12.9. The molecule has 1 aromatic carbocycles. The lowest BCUT2D eigenvalue weighted by Gasteiger charge is -2.12. The molecule has 0 aliphatic carbocycles. The first-order chi connectivity index (χ1) is 8.50. The van der Waals surface area contributed by atoms with Crippen LogP contribution in [0, 0.1) is 0 Å². The summed E-state index contributed by atoms with van der Waals surface area (Å²) in [5, 5.41) is 0. The molecule has 0 radical (unpaired) electrons. The van der Waals surface area contributed by atoms with Crippen LogP contribution in [-0.4, -0.2) is 31.5 Å². The first kappa shape index (κ1) is 16.5. The van der Waals surface area contributed by atoms with Gasteiger partial charge >= 0.3 is 0 Å². The van der Waals surface area contributed by atoms with E-state index in [9.17, 15) is 4.79 Å². The van der Waals surface area contributed by atoms with Crippen LogP contribution in [-0.2, 0) is 4.79 Å². The molecule has 0 unspecified atom stereocenters. The molecule has 3 heteroatoms. The first-order valence-electron chi connectivity index (χ1n) is 6.43. The predicted octanol–water partition coefficient (Wildman–Crippen LogP) is 3.30. The molecule has 1 amide bonds. The van der Waals surface area contributed by atoms with Crippen molar-refractivity contribution in [2.75, 3.05) is 20.7 Å². The average Bonchev–Trinajstić information content (AvgIpc) is 2.38. The minimum Gasteiger partial charge on any atom is -0.484 e. The zero-order valence-corrected chi connectivity index (χ0v) is 12.4. The van der Waals surface area contributed by atoms with Gasteiger partial charge in [-0.3, -0.25) is 4.79 Å². The topological polar surface area (TPSA) is 29.5 Å². The Morgan fingerprint density at radius 1 is 1.28 bits per heavy atom. The van der Waals surface area contributed by atoms with Gasteiger partial charge in [0.05, 0.1) is 0 Å². The standard InChI is InChI=1S/C13H19NO2.C2H6/c1-10(2)11-6-5-7-12(8-11)16-9-13(15)14(3)4;1-2/h5-8,10H,9H2,1-4H3;1-2H3. The van der Waals surface area contributed by atoms with Gasteiger partial charge < -0.3 is 9.64 Å². The van der Waals surface area contributed by atoms with Crippen LogP contribution >= 0.6 is 0 Å². The Balaban J connectivity index is 0.00000137. The van der Waals surface area contributed by atoms with Crippen LogP contribution in [0.2, 0.25) is 0 Å². The summed E-state index contributed by atoms with van der Waals surface area (Å²) in [6.45, 7) is 8.35. The number of carbonyl (C=O) groups excluding carboxylic acids is 1. The molecule has 102 valence electrons. The van der Waals surface area contributed by atoms with E-state index in [1.54, 1.807) is 14.1 Å². The van der Waals surface area contributed by atoms with Gasteiger partial charge in [-0.15, -0.1) is 0 Å². The molecule has 0 aliphatic heterocycles. The number of carbonyl (C=O) groups is 1. The zero-order chi connectivity index (χ0) is 14.1. The minimum atomic E-state index is -0.0325. The van der Waals surface area contributed by atoms with E-state index in [0.29, 0.717) is 5.92 Å². The third kappa shape index (κ3) is 5.71. The molecule has 0 atom stereocenters. The Labute approximate surface area is 111 Å². The molecule has 1 aromatic rings. The van der Waals surface area contributed by atoms with Gasteiger partial charge in [0, 0.05) is 14.1 Å². The quantitative estimate of drug-likeness (QED) is 0.821. The summed E-state index contributed by atoms with van der Waals surface area (Å²) < 4.78 is 5.43. The Hall–Kier alpha value is -1.51. The van der Waals surface area contributed by atoms with E-state index < -0.39 is 0 Å². The van der Waals surface area contributed by atoms with Crippen LogP contribution in [0.15, 0.2) is 24.3 Å². The van der Waals surface area contributed by atoms with Gasteiger partial charge in [-0.05, 0) is 23.6 Å². The molecule has 0 fully saturated rings. The van der Waals surface area contributed by atoms with Crippen molar-refractivity contribution in [1.29, 1.82) is 0 Å². The van der Waals surface area contributed by atoms with Crippen molar-refractivity contribution in [3.63, 3.8) is 0 Å². The van der Waals surface area contributed by atoms with Crippen molar-refractivity contribution < 1.29 is 9.53 Å². The molecule has 0 N–H and O–H groups in total. The average molecular weight is 251 g/mol. The highest BCUT2D eigenvalue weighted by molar-refractivity contribution is 5.77. The summed E-state index contributed by atoms with van der Waals surface area (Å²) >= 11 is 0. The molecule has 0 aromatic heterocycles. The van der Waals surface area contributed by atoms with Gasteiger partial charge in [-0.2, -0.15) is 0 Å². The number of rotatable bonds is 4. The minimum absolute atomic E-state index is 0.0325. The number of hydrogen-bond acceptors (Lipinski definition) is 2. The van der Waals surface area contributed by atoms with Crippen LogP contribution in [0.4, 0.5) is 0 Å². The van der Waals surface area contributed by atoms with Crippen LogP contribution in [0.3, 0.4) is 0 Å². The molecular weight excluding hydrogens is 226 g/mol. The summed E-state index contributed by atoms with van der Waals surface area (Å²) in [7, 11) is 3.44. The van der Waals surface area contributed by atoms with Gasteiger partial charge in [0.1, 0.15) is 5.75 Å². The molecule has 0 bridgehead atoms. The summed E-state index contributed by atoms with van der Waals surface area (Å²) in [5.41, 5.74) is 1.22.